The molecule has 10 heteroatoms. The van der Waals surface area contributed by atoms with Crippen LogP contribution in [0.3, 0.4) is 0 Å². The van der Waals surface area contributed by atoms with Crippen LogP contribution in [0.4, 0.5) is 11.8 Å². The van der Waals surface area contributed by atoms with Crippen LogP contribution in [-0.2, 0) is 19.0 Å². The van der Waals surface area contributed by atoms with Crippen molar-refractivity contribution >= 4 is 33.5 Å². The van der Waals surface area contributed by atoms with E-state index < -0.39 is 10.1 Å². The molecule has 2 heterocycles. The summed E-state index contributed by atoms with van der Waals surface area (Å²) in [6, 6.07) is 1.74. The molecule has 0 amide bonds. The Balaban J connectivity index is 2.13. The van der Waals surface area contributed by atoms with E-state index >= 15 is 0 Å². The number of aromatic nitrogens is 2. The summed E-state index contributed by atoms with van der Waals surface area (Å²) in [5, 5.41) is 3.18. The van der Waals surface area contributed by atoms with Gasteiger partial charge in [-0.15, -0.1) is 0 Å². The molecule has 1 N–H and O–H groups in total. The van der Waals surface area contributed by atoms with Crippen LogP contribution in [0.15, 0.2) is 6.07 Å². The Hall–Kier alpha value is -1.16. The summed E-state index contributed by atoms with van der Waals surface area (Å²) < 4.78 is 32.6. The summed E-state index contributed by atoms with van der Waals surface area (Å²) in [5.74, 6) is 1.08. The van der Waals surface area contributed by atoms with Gasteiger partial charge in [-0.3, -0.25) is 4.18 Å². The van der Waals surface area contributed by atoms with E-state index in [0.29, 0.717) is 30.1 Å². The van der Waals surface area contributed by atoms with Crippen molar-refractivity contribution in [3.05, 3.63) is 11.2 Å². The zero-order valence-corrected chi connectivity index (χ0v) is 14.2. The highest BCUT2D eigenvalue weighted by molar-refractivity contribution is 7.85. The van der Waals surface area contributed by atoms with Crippen LogP contribution in [0.1, 0.15) is 6.92 Å². The van der Waals surface area contributed by atoms with E-state index in [1.54, 1.807) is 13.1 Å². The first-order valence-corrected chi connectivity index (χ1v) is 8.93. The summed E-state index contributed by atoms with van der Waals surface area (Å²) in [4.78, 5) is 10.4. The summed E-state index contributed by atoms with van der Waals surface area (Å²) in [6.07, 6.45) is 0.650. The van der Waals surface area contributed by atoms with Gasteiger partial charge in [0.2, 0.25) is 5.95 Å². The predicted octanol–water partition coefficient (Wildman–Crippen LogP) is 0.742. The second kappa shape index (κ2) is 6.95. The molecule has 2 unspecified atom stereocenters. The number of anilines is 2. The third kappa shape index (κ3) is 4.67. The van der Waals surface area contributed by atoms with Crippen molar-refractivity contribution in [3.63, 3.8) is 0 Å². The van der Waals surface area contributed by atoms with Gasteiger partial charge >= 0.3 is 0 Å². The number of hydrogen-bond acceptors (Lipinski definition) is 8. The molecule has 22 heavy (non-hydrogen) atoms. The average molecular weight is 351 g/mol. The van der Waals surface area contributed by atoms with Crippen LogP contribution >= 0.6 is 11.6 Å². The van der Waals surface area contributed by atoms with Gasteiger partial charge in [0.15, 0.2) is 0 Å². The Kier molecular flexibility index (Phi) is 5.43. The first-order chi connectivity index (χ1) is 10.3. The standard InChI is InChI=1S/C12H19ClN4O4S/c1-8-6-20-9(7-21-22(3,18)19)5-17(8)11-4-10(13)15-12(14-2)16-11/h4,8-9H,5-7H2,1-3H3,(H,14,15,16). The van der Waals surface area contributed by atoms with E-state index in [1.807, 2.05) is 11.8 Å². The minimum atomic E-state index is -3.49. The molecule has 0 spiro atoms. The molecule has 0 saturated carbocycles. The second-order valence-corrected chi connectivity index (χ2v) is 7.10. The van der Waals surface area contributed by atoms with Crippen LogP contribution in [-0.4, -0.2) is 63.6 Å². The van der Waals surface area contributed by atoms with Crippen LogP contribution in [0.25, 0.3) is 0 Å². The van der Waals surface area contributed by atoms with Gasteiger partial charge in [-0.2, -0.15) is 13.4 Å². The van der Waals surface area contributed by atoms with Gasteiger partial charge in [-0.25, -0.2) is 4.98 Å². The molecule has 0 aliphatic carbocycles. The summed E-state index contributed by atoms with van der Waals surface area (Å²) in [7, 11) is -1.78. The van der Waals surface area contributed by atoms with Crippen LogP contribution in [0.5, 0.6) is 0 Å². The topological polar surface area (TPSA) is 93.7 Å². The van der Waals surface area contributed by atoms with E-state index in [2.05, 4.69) is 15.3 Å². The van der Waals surface area contributed by atoms with Gasteiger partial charge < -0.3 is 15.0 Å². The quantitative estimate of drug-likeness (QED) is 0.614. The molecule has 124 valence electrons. The minimum absolute atomic E-state index is 0.0280. The van der Waals surface area contributed by atoms with Crippen LogP contribution < -0.4 is 10.2 Å². The first-order valence-electron chi connectivity index (χ1n) is 6.73. The fourth-order valence-corrected chi connectivity index (χ4v) is 2.68. The average Bonchev–Trinajstić information content (AvgIpc) is 2.44. The monoisotopic (exact) mass is 350 g/mol. The smallest absolute Gasteiger partial charge is 0.264 e. The molecule has 1 saturated heterocycles. The molecule has 1 aromatic heterocycles. The molecule has 1 fully saturated rings. The van der Waals surface area contributed by atoms with Crippen molar-refractivity contribution in [2.24, 2.45) is 0 Å². The Labute approximate surface area is 134 Å². The number of hydrogen-bond donors (Lipinski definition) is 1. The van der Waals surface area contributed by atoms with Crippen molar-refractivity contribution in [2.75, 3.05) is 43.3 Å². The fraction of sp³-hybridized carbons (Fsp3) is 0.667. The number of nitrogens with one attached hydrogen (secondary N) is 1. The van der Waals surface area contributed by atoms with Crippen LogP contribution in [0.2, 0.25) is 5.15 Å². The van der Waals surface area contributed by atoms with Gasteiger partial charge in [0.1, 0.15) is 11.0 Å². The van der Waals surface area contributed by atoms with Gasteiger partial charge in [0, 0.05) is 19.7 Å². The van der Waals surface area contributed by atoms with E-state index in [-0.39, 0.29) is 18.8 Å². The summed E-state index contributed by atoms with van der Waals surface area (Å²) >= 11 is 6.00. The molecule has 0 radical (unpaired) electrons. The number of rotatable bonds is 5. The van der Waals surface area contributed by atoms with Crippen LogP contribution in [0, 0.1) is 0 Å². The van der Waals surface area contributed by atoms with Crippen molar-refractivity contribution < 1.29 is 17.3 Å². The van der Waals surface area contributed by atoms with Gasteiger partial charge in [0.05, 0.1) is 31.6 Å². The molecule has 1 aliphatic rings. The highest BCUT2D eigenvalue weighted by Gasteiger charge is 2.28. The number of morpholine rings is 1. The lowest BCUT2D eigenvalue weighted by Crippen LogP contribution is -2.50. The highest BCUT2D eigenvalue weighted by Crippen LogP contribution is 2.23. The molecular formula is C12H19ClN4O4S. The molecule has 8 nitrogen and oxygen atoms in total. The Bertz CT molecular complexity index is 628. The zero-order valence-electron chi connectivity index (χ0n) is 12.6. The second-order valence-electron chi connectivity index (χ2n) is 5.07. The highest BCUT2D eigenvalue weighted by atomic mass is 35.5. The lowest BCUT2D eigenvalue weighted by atomic mass is 10.2. The molecule has 1 aromatic rings. The third-order valence-corrected chi connectivity index (χ3v) is 3.93. The normalized spacial score (nSPS) is 22.6. The molecular weight excluding hydrogens is 332 g/mol. The Morgan fingerprint density at radius 3 is 2.91 bits per heavy atom. The van der Waals surface area contributed by atoms with E-state index in [1.165, 1.54) is 0 Å². The molecule has 2 atom stereocenters. The number of ether oxygens (including phenoxy) is 1. The van der Waals surface area contributed by atoms with Crippen molar-refractivity contribution in [2.45, 2.75) is 19.1 Å². The van der Waals surface area contributed by atoms with Crippen molar-refractivity contribution in [3.8, 4) is 0 Å². The maximum Gasteiger partial charge on any atom is 0.264 e. The summed E-state index contributed by atoms with van der Waals surface area (Å²) in [5.41, 5.74) is 0. The Morgan fingerprint density at radius 2 is 2.27 bits per heavy atom. The lowest BCUT2D eigenvalue weighted by molar-refractivity contribution is -0.00297. The Morgan fingerprint density at radius 1 is 1.55 bits per heavy atom. The van der Waals surface area contributed by atoms with E-state index in [4.69, 9.17) is 20.5 Å². The maximum absolute atomic E-state index is 11.1. The minimum Gasteiger partial charge on any atom is -0.372 e. The van der Waals surface area contributed by atoms with Crippen molar-refractivity contribution in [1.29, 1.82) is 0 Å². The van der Waals surface area contributed by atoms with Crippen molar-refractivity contribution in [1.82, 2.24) is 9.97 Å². The van der Waals surface area contributed by atoms with Gasteiger partial charge in [0.25, 0.3) is 10.1 Å². The fourth-order valence-electron chi connectivity index (χ4n) is 2.10. The first kappa shape index (κ1) is 17.2. The molecule has 2 rings (SSSR count). The van der Waals surface area contributed by atoms with Gasteiger partial charge in [-0.1, -0.05) is 11.6 Å². The molecule has 1 aliphatic heterocycles. The predicted molar refractivity (Wildman–Crippen MR) is 83.9 cm³/mol. The molecule has 0 aromatic carbocycles. The van der Waals surface area contributed by atoms with E-state index in [0.717, 1.165) is 6.26 Å². The number of halogens is 1. The zero-order chi connectivity index (χ0) is 16.3. The number of nitrogens with zero attached hydrogens (tertiary/aromatic N) is 3. The molecule has 0 bridgehead atoms. The summed E-state index contributed by atoms with van der Waals surface area (Å²) in [6.45, 7) is 2.85. The van der Waals surface area contributed by atoms with E-state index in [9.17, 15) is 8.42 Å². The maximum atomic E-state index is 11.1. The van der Waals surface area contributed by atoms with Gasteiger partial charge in [-0.05, 0) is 6.92 Å². The largest absolute Gasteiger partial charge is 0.372 e. The lowest BCUT2D eigenvalue weighted by Gasteiger charge is -2.38. The third-order valence-electron chi connectivity index (χ3n) is 3.17. The SMILES string of the molecule is CNc1nc(Cl)cc(N2CC(COS(C)(=O)=O)OCC2C)n1.